The van der Waals surface area contributed by atoms with Gasteiger partial charge < -0.3 is 14.8 Å². The van der Waals surface area contributed by atoms with Crippen LogP contribution in [0.15, 0.2) is 46.9 Å². The van der Waals surface area contributed by atoms with Gasteiger partial charge in [0, 0.05) is 35.7 Å². The van der Waals surface area contributed by atoms with Gasteiger partial charge in [-0.05, 0) is 93.7 Å². The SMILES string of the molecule is C[C@@H]1c2c(C(F)F)nn(CC(=O)N[C@@H](Cc3cc(F)cc(F)c3)c3nc(C#CC(C)(C)S(=O)(=O)C4CC4)ccc3-c3ccc(Cl)c4c(Nc5nnc(C6(O)CC6)o5)nn(C)c34)c2C(F)(F)[C@@H]1C. The molecule has 67 heavy (non-hydrogen) atoms. The zero-order chi connectivity index (χ0) is 48.1. The quantitative estimate of drug-likeness (QED) is 0.0746. The number of aliphatic hydroxyl groups is 1. The van der Waals surface area contributed by atoms with E-state index in [2.05, 4.69) is 42.9 Å². The first-order valence-corrected chi connectivity index (χ1v) is 23.2. The predicted molar refractivity (Wildman–Crippen MR) is 232 cm³/mol. The van der Waals surface area contributed by atoms with Crippen molar-refractivity contribution in [2.24, 2.45) is 13.0 Å². The number of rotatable bonds is 13. The number of carbonyl (C=O) groups is 1. The molecule has 6 aromatic rings. The van der Waals surface area contributed by atoms with E-state index in [9.17, 15) is 35.9 Å². The van der Waals surface area contributed by atoms with Crippen molar-refractivity contribution in [2.45, 2.75) is 106 Å². The summed E-state index contributed by atoms with van der Waals surface area (Å²) in [5.41, 5.74) is -2.13. The molecule has 4 aromatic heterocycles. The highest BCUT2D eigenvalue weighted by molar-refractivity contribution is 7.93. The molecule has 3 N–H and O–H groups in total. The summed E-state index contributed by atoms with van der Waals surface area (Å²) in [6, 6.07) is 7.52. The van der Waals surface area contributed by atoms with Crippen LogP contribution < -0.4 is 10.6 Å². The number of hydrogen-bond donors (Lipinski definition) is 3. The van der Waals surface area contributed by atoms with Gasteiger partial charge in [0.15, 0.2) is 15.7 Å². The van der Waals surface area contributed by atoms with Gasteiger partial charge in [0.25, 0.3) is 12.3 Å². The van der Waals surface area contributed by atoms with Gasteiger partial charge >= 0.3 is 6.01 Å². The molecule has 0 spiro atoms. The van der Waals surface area contributed by atoms with E-state index in [0.717, 1.165) is 12.1 Å². The van der Waals surface area contributed by atoms with E-state index >= 15 is 8.78 Å². The lowest BCUT2D eigenvalue weighted by Gasteiger charge is -2.23. The molecule has 2 aromatic carbocycles. The number of alkyl halides is 4. The lowest BCUT2D eigenvalue weighted by atomic mass is 9.93. The maximum absolute atomic E-state index is 15.8. The summed E-state index contributed by atoms with van der Waals surface area (Å²) in [5, 5.41) is 32.5. The van der Waals surface area contributed by atoms with Gasteiger partial charge in [-0.2, -0.15) is 19.0 Å². The molecule has 9 rings (SSSR count). The fourth-order valence-corrected chi connectivity index (χ4v) is 10.6. The topological polar surface area (TPSA) is 183 Å². The Morgan fingerprint density at radius 1 is 1.03 bits per heavy atom. The van der Waals surface area contributed by atoms with E-state index in [0.29, 0.717) is 52.9 Å². The van der Waals surface area contributed by atoms with Crippen LogP contribution in [0.4, 0.5) is 38.2 Å². The molecule has 0 bridgehead atoms. The lowest BCUT2D eigenvalue weighted by Crippen LogP contribution is -2.35. The van der Waals surface area contributed by atoms with Crippen molar-refractivity contribution < 1.29 is 49.1 Å². The van der Waals surface area contributed by atoms with Crippen LogP contribution in [0.3, 0.4) is 0 Å². The van der Waals surface area contributed by atoms with Crippen molar-refractivity contribution >= 4 is 50.1 Å². The number of amides is 1. The zero-order valence-electron chi connectivity index (χ0n) is 36.4. The summed E-state index contributed by atoms with van der Waals surface area (Å²) in [5.74, 6) is -3.05. The molecule has 3 aliphatic carbocycles. The van der Waals surface area contributed by atoms with Crippen molar-refractivity contribution in [3.63, 3.8) is 0 Å². The smallest absolute Gasteiger partial charge is 0.321 e. The van der Waals surface area contributed by atoms with Crippen LogP contribution in [0.25, 0.3) is 22.0 Å². The molecule has 22 heteroatoms. The molecule has 0 aliphatic heterocycles. The Bertz CT molecular complexity index is 3150. The molecule has 0 radical (unpaired) electrons. The molecule has 0 saturated heterocycles. The summed E-state index contributed by atoms with van der Waals surface area (Å²) in [6.07, 6.45) is -1.69. The van der Waals surface area contributed by atoms with Gasteiger partial charge in [-0.1, -0.05) is 42.5 Å². The minimum atomic E-state index is -3.68. The molecule has 352 valence electrons. The number of aryl methyl sites for hydroxylation is 1. The second-order valence-corrected chi connectivity index (χ2v) is 21.1. The van der Waals surface area contributed by atoms with Crippen molar-refractivity contribution in [3.05, 3.63) is 98.9 Å². The van der Waals surface area contributed by atoms with E-state index in [1.165, 1.54) is 38.4 Å². The van der Waals surface area contributed by atoms with Crippen LogP contribution in [-0.4, -0.2) is 64.2 Å². The highest BCUT2D eigenvalue weighted by atomic mass is 35.5. The van der Waals surface area contributed by atoms with Crippen LogP contribution in [0.2, 0.25) is 5.02 Å². The Labute approximate surface area is 384 Å². The average molecular weight is 970 g/mol. The highest BCUT2D eigenvalue weighted by Crippen LogP contribution is 2.55. The van der Waals surface area contributed by atoms with Crippen LogP contribution >= 0.6 is 11.6 Å². The number of halogens is 7. The number of benzene rings is 2. The first kappa shape index (κ1) is 46.1. The van der Waals surface area contributed by atoms with Gasteiger partial charge in [0.2, 0.25) is 11.8 Å². The summed E-state index contributed by atoms with van der Waals surface area (Å²) < 4.78 is 123. The molecule has 3 aliphatic rings. The molecule has 0 unspecified atom stereocenters. The minimum Gasteiger partial charge on any atom is -0.405 e. The molecule has 4 heterocycles. The Balaban J connectivity index is 1.18. The number of pyridine rings is 1. The third-order valence-electron chi connectivity index (χ3n) is 12.7. The van der Waals surface area contributed by atoms with Crippen molar-refractivity contribution in [3.8, 4) is 23.0 Å². The third-order valence-corrected chi connectivity index (χ3v) is 15.9. The van der Waals surface area contributed by atoms with E-state index in [-0.39, 0.29) is 57.2 Å². The molecular weight excluding hydrogens is 928 g/mol. The Hall–Kier alpha value is -5.98. The van der Waals surface area contributed by atoms with E-state index in [1.807, 2.05) is 0 Å². The average Bonchev–Trinajstić information content (AvgIpc) is 4.11. The highest BCUT2D eigenvalue weighted by Gasteiger charge is 2.55. The largest absolute Gasteiger partial charge is 0.405 e. The summed E-state index contributed by atoms with van der Waals surface area (Å²) in [4.78, 5) is 19.1. The summed E-state index contributed by atoms with van der Waals surface area (Å²) in [7, 11) is -2.07. The monoisotopic (exact) mass is 969 g/mol. The number of hydrogen-bond acceptors (Lipinski definition) is 11. The van der Waals surface area contributed by atoms with Crippen LogP contribution in [0.5, 0.6) is 0 Å². The van der Waals surface area contributed by atoms with Crippen LogP contribution in [0.1, 0.15) is 112 Å². The summed E-state index contributed by atoms with van der Waals surface area (Å²) >= 11 is 6.83. The van der Waals surface area contributed by atoms with Gasteiger partial charge in [-0.3, -0.25) is 19.5 Å². The molecular formula is C45H42ClF6N9O5S. The lowest BCUT2D eigenvalue weighted by molar-refractivity contribution is -0.123. The Kier molecular flexibility index (Phi) is 11.3. The molecule has 3 atom stereocenters. The summed E-state index contributed by atoms with van der Waals surface area (Å²) in [6.45, 7) is 4.60. The number of carbonyl (C=O) groups excluding carboxylic acids is 1. The van der Waals surface area contributed by atoms with Crippen LogP contribution in [0, 0.1) is 29.4 Å². The Morgan fingerprint density at radius 3 is 2.37 bits per heavy atom. The second kappa shape index (κ2) is 16.4. The number of fused-ring (bicyclic) bond motifs is 2. The molecule has 2 saturated carbocycles. The number of sulfone groups is 1. The maximum Gasteiger partial charge on any atom is 0.321 e. The van der Waals surface area contributed by atoms with Crippen molar-refractivity contribution in [1.82, 2.24) is 40.1 Å². The fraction of sp³-hybridized carbons (Fsp3) is 0.422. The molecule has 2 fully saturated rings. The number of nitrogens with zero attached hydrogens (tertiary/aromatic N) is 7. The van der Waals surface area contributed by atoms with Gasteiger partial charge in [0.1, 0.15) is 45.6 Å². The number of aromatic nitrogens is 7. The normalized spacial score (nSPS) is 19.0. The fourth-order valence-electron chi connectivity index (χ4n) is 8.60. The van der Waals surface area contributed by atoms with E-state index < -0.39 is 91.1 Å². The maximum atomic E-state index is 15.8. The molecule has 14 nitrogen and oxygen atoms in total. The van der Waals surface area contributed by atoms with Crippen molar-refractivity contribution in [1.29, 1.82) is 0 Å². The van der Waals surface area contributed by atoms with E-state index in [1.54, 1.807) is 25.2 Å². The Morgan fingerprint density at radius 2 is 1.72 bits per heavy atom. The first-order valence-electron chi connectivity index (χ1n) is 21.3. The number of anilines is 2. The van der Waals surface area contributed by atoms with Gasteiger partial charge in [-0.15, -0.1) is 5.10 Å². The van der Waals surface area contributed by atoms with Crippen LogP contribution in [-0.2, 0) is 46.2 Å². The predicted octanol–water partition coefficient (Wildman–Crippen LogP) is 8.46. The van der Waals surface area contributed by atoms with E-state index in [4.69, 9.17) is 21.0 Å². The van der Waals surface area contributed by atoms with Gasteiger partial charge in [-0.25, -0.2) is 31.0 Å². The minimum absolute atomic E-state index is 0.0118. The zero-order valence-corrected chi connectivity index (χ0v) is 38.0. The van der Waals surface area contributed by atoms with Crippen molar-refractivity contribution in [2.75, 3.05) is 5.32 Å². The number of nitrogens with one attached hydrogen (secondary N) is 2. The van der Waals surface area contributed by atoms with Gasteiger partial charge in [0.05, 0.1) is 32.9 Å². The standard InChI is InChI=1S/C45H42ClF6N9O5S/c1-21-22(2)45(51,52)38-33(21)36(39(49)50)58-61(38)20-32(62)54-31(18-23-16-24(47)19-25(48)17-23)35-28(9-6-26(53-35)12-13-43(3,4)67(64,65)27-7-8-27)29-10-11-30(46)34-37(29)60(5)59-40(34)55-42-57-56-41(66-42)44(63)14-15-44/h6,9-11,16-17,19,21-22,27,31,39,63H,7-8,14-15,18,20H2,1-5H3,(H,54,62)(H,55,57,59)/t21-,22+,31-/m0/s1. The first-order chi connectivity index (χ1) is 31.5. The molecule has 1 amide bonds. The third kappa shape index (κ3) is 8.30. The second-order valence-electron chi connectivity index (χ2n) is 17.9.